The van der Waals surface area contributed by atoms with E-state index in [0.29, 0.717) is 0 Å². The molecular formula is C14H18BrN3. The van der Waals surface area contributed by atoms with Crippen molar-refractivity contribution in [3.63, 3.8) is 0 Å². The summed E-state index contributed by atoms with van der Waals surface area (Å²) in [6.45, 7) is 5.06. The van der Waals surface area contributed by atoms with E-state index in [4.69, 9.17) is 0 Å². The second-order valence-corrected chi connectivity index (χ2v) is 5.36. The Labute approximate surface area is 116 Å². The van der Waals surface area contributed by atoms with Crippen LogP contribution in [-0.4, -0.2) is 9.78 Å². The average Bonchev–Trinajstić information content (AvgIpc) is 2.68. The van der Waals surface area contributed by atoms with Crippen molar-refractivity contribution in [2.24, 2.45) is 7.05 Å². The molecule has 0 aliphatic rings. The van der Waals surface area contributed by atoms with E-state index in [2.05, 4.69) is 64.6 Å². The highest BCUT2D eigenvalue weighted by atomic mass is 79.9. The number of hydrogen-bond acceptors (Lipinski definition) is 2. The number of nitrogens with zero attached hydrogens (tertiary/aromatic N) is 2. The van der Waals surface area contributed by atoms with E-state index in [-0.39, 0.29) is 0 Å². The van der Waals surface area contributed by atoms with Crippen LogP contribution in [0.5, 0.6) is 0 Å². The molecule has 0 aliphatic heterocycles. The molecule has 3 nitrogen and oxygen atoms in total. The van der Waals surface area contributed by atoms with Gasteiger partial charge in [-0.1, -0.05) is 22.9 Å². The van der Waals surface area contributed by atoms with Crippen LogP contribution in [0.1, 0.15) is 23.7 Å². The van der Waals surface area contributed by atoms with Crippen LogP contribution in [0.4, 0.5) is 5.69 Å². The molecule has 18 heavy (non-hydrogen) atoms. The van der Waals surface area contributed by atoms with E-state index in [9.17, 15) is 0 Å². The zero-order valence-electron chi connectivity index (χ0n) is 11.0. The molecule has 0 aliphatic carbocycles. The SMILES string of the molecule is CCc1nn(C)cc1CNc1ccc(Br)cc1C. The maximum Gasteiger partial charge on any atom is 0.0671 e. The van der Waals surface area contributed by atoms with Crippen molar-refractivity contribution in [2.45, 2.75) is 26.8 Å². The Hall–Kier alpha value is -1.29. The summed E-state index contributed by atoms with van der Waals surface area (Å²) in [5.41, 5.74) is 4.84. The highest BCUT2D eigenvalue weighted by Gasteiger charge is 2.06. The normalized spacial score (nSPS) is 10.7. The van der Waals surface area contributed by atoms with Crippen LogP contribution >= 0.6 is 15.9 Å². The Balaban J connectivity index is 2.11. The molecule has 1 aromatic carbocycles. The summed E-state index contributed by atoms with van der Waals surface area (Å²) in [5, 5.41) is 7.92. The molecule has 0 saturated carbocycles. The zero-order chi connectivity index (χ0) is 13.1. The van der Waals surface area contributed by atoms with Crippen molar-refractivity contribution in [2.75, 3.05) is 5.32 Å². The number of anilines is 1. The molecule has 0 spiro atoms. The minimum atomic E-state index is 0.819. The zero-order valence-corrected chi connectivity index (χ0v) is 12.6. The predicted molar refractivity (Wildman–Crippen MR) is 78.8 cm³/mol. The lowest BCUT2D eigenvalue weighted by Crippen LogP contribution is -2.02. The van der Waals surface area contributed by atoms with Crippen molar-refractivity contribution >= 4 is 21.6 Å². The third-order valence-corrected chi connectivity index (χ3v) is 3.48. The summed E-state index contributed by atoms with van der Waals surface area (Å²) < 4.78 is 2.99. The number of aromatic nitrogens is 2. The number of benzene rings is 1. The smallest absolute Gasteiger partial charge is 0.0671 e. The third kappa shape index (κ3) is 2.93. The molecule has 1 N–H and O–H groups in total. The molecule has 2 rings (SSSR count). The fourth-order valence-corrected chi connectivity index (χ4v) is 2.52. The van der Waals surface area contributed by atoms with E-state index in [1.807, 2.05) is 11.7 Å². The largest absolute Gasteiger partial charge is 0.381 e. The first kappa shape index (κ1) is 13.1. The Morgan fingerprint density at radius 3 is 2.83 bits per heavy atom. The van der Waals surface area contributed by atoms with E-state index >= 15 is 0 Å². The summed E-state index contributed by atoms with van der Waals surface area (Å²) in [6, 6.07) is 6.27. The van der Waals surface area contributed by atoms with Crippen LogP contribution in [0, 0.1) is 6.92 Å². The molecule has 2 aromatic rings. The summed E-state index contributed by atoms with van der Waals surface area (Å²) in [4.78, 5) is 0. The van der Waals surface area contributed by atoms with Gasteiger partial charge in [-0.15, -0.1) is 0 Å². The molecular weight excluding hydrogens is 290 g/mol. The summed E-state index contributed by atoms with van der Waals surface area (Å²) >= 11 is 3.48. The lowest BCUT2D eigenvalue weighted by molar-refractivity contribution is 0.746. The number of halogens is 1. The highest BCUT2D eigenvalue weighted by Crippen LogP contribution is 2.21. The summed E-state index contributed by atoms with van der Waals surface area (Å²) in [6.07, 6.45) is 3.05. The lowest BCUT2D eigenvalue weighted by Gasteiger charge is -2.09. The monoisotopic (exact) mass is 307 g/mol. The second-order valence-electron chi connectivity index (χ2n) is 4.44. The van der Waals surface area contributed by atoms with Gasteiger partial charge in [-0.25, -0.2) is 0 Å². The minimum Gasteiger partial charge on any atom is -0.381 e. The van der Waals surface area contributed by atoms with E-state index in [0.717, 1.165) is 17.4 Å². The van der Waals surface area contributed by atoms with E-state index in [1.54, 1.807) is 0 Å². The molecule has 96 valence electrons. The van der Waals surface area contributed by atoms with E-state index in [1.165, 1.54) is 22.5 Å². The third-order valence-electron chi connectivity index (χ3n) is 2.98. The number of rotatable bonds is 4. The average molecular weight is 308 g/mol. The lowest BCUT2D eigenvalue weighted by atomic mass is 10.1. The molecule has 0 bridgehead atoms. The van der Waals surface area contributed by atoms with Crippen LogP contribution < -0.4 is 5.32 Å². The highest BCUT2D eigenvalue weighted by molar-refractivity contribution is 9.10. The maximum atomic E-state index is 4.45. The van der Waals surface area contributed by atoms with Gasteiger partial charge >= 0.3 is 0 Å². The molecule has 0 amide bonds. The fraction of sp³-hybridized carbons (Fsp3) is 0.357. The Bertz CT molecular complexity index is 546. The van der Waals surface area contributed by atoms with Crippen molar-refractivity contribution in [1.82, 2.24) is 9.78 Å². The Morgan fingerprint density at radius 2 is 2.17 bits per heavy atom. The van der Waals surface area contributed by atoms with Gasteiger partial charge < -0.3 is 5.32 Å². The van der Waals surface area contributed by atoms with Gasteiger partial charge in [-0.05, 0) is 37.1 Å². The molecule has 0 saturated heterocycles. The molecule has 0 fully saturated rings. The van der Waals surface area contributed by atoms with Crippen molar-refractivity contribution < 1.29 is 0 Å². The summed E-state index contributed by atoms with van der Waals surface area (Å²) in [5.74, 6) is 0. The first-order valence-corrected chi connectivity index (χ1v) is 6.91. The quantitative estimate of drug-likeness (QED) is 0.934. The number of aryl methyl sites for hydroxylation is 3. The maximum absolute atomic E-state index is 4.45. The van der Waals surface area contributed by atoms with Gasteiger partial charge in [0.15, 0.2) is 0 Å². The van der Waals surface area contributed by atoms with Gasteiger partial charge in [0.2, 0.25) is 0 Å². The van der Waals surface area contributed by atoms with Crippen molar-refractivity contribution in [3.05, 3.63) is 45.7 Å². The Morgan fingerprint density at radius 1 is 1.39 bits per heavy atom. The number of nitrogens with one attached hydrogen (secondary N) is 1. The first-order valence-electron chi connectivity index (χ1n) is 6.11. The molecule has 4 heteroatoms. The second kappa shape index (κ2) is 5.57. The minimum absolute atomic E-state index is 0.819. The Kier molecular flexibility index (Phi) is 4.07. The topological polar surface area (TPSA) is 29.9 Å². The molecule has 0 unspecified atom stereocenters. The number of hydrogen-bond donors (Lipinski definition) is 1. The molecule has 0 atom stereocenters. The fourth-order valence-electron chi connectivity index (χ4n) is 2.04. The van der Waals surface area contributed by atoms with Gasteiger partial charge in [0.05, 0.1) is 5.69 Å². The van der Waals surface area contributed by atoms with Gasteiger partial charge in [0, 0.05) is 35.5 Å². The van der Waals surface area contributed by atoms with Gasteiger partial charge in [0.25, 0.3) is 0 Å². The molecule has 1 aromatic heterocycles. The molecule has 1 heterocycles. The van der Waals surface area contributed by atoms with Gasteiger partial charge in [-0.2, -0.15) is 5.10 Å². The van der Waals surface area contributed by atoms with E-state index < -0.39 is 0 Å². The van der Waals surface area contributed by atoms with Crippen LogP contribution in [0.2, 0.25) is 0 Å². The van der Waals surface area contributed by atoms with Crippen LogP contribution in [0.3, 0.4) is 0 Å². The van der Waals surface area contributed by atoms with Crippen molar-refractivity contribution in [1.29, 1.82) is 0 Å². The van der Waals surface area contributed by atoms with Crippen LogP contribution in [-0.2, 0) is 20.0 Å². The van der Waals surface area contributed by atoms with Gasteiger partial charge in [0.1, 0.15) is 0 Å². The van der Waals surface area contributed by atoms with Crippen LogP contribution in [0.15, 0.2) is 28.9 Å². The first-order chi connectivity index (χ1) is 8.60. The molecule has 0 radical (unpaired) electrons. The summed E-state index contributed by atoms with van der Waals surface area (Å²) in [7, 11) is 1.97. The van der Waals surface area contributed by atoms with Crippen LogP contribution in [0.25, 0.3) is 0 Å². The predicted octanol–water partition coefficient (Wildman–Crippen LogP) is 3.67. The standard InChI is InChI=1S/C14H18BrN3/c1-4-13-11(9-18(3)17-13)8-16-14-6-5-12(15)7-10(14)2/h5-7,9,16H,4,8H2,1-3H3. The van der Waals surface area contributed by atoms with Gasteiger partial charge in [-0.3, -0.25) is 4.68 Å². The van der Waals surface area contributed by atoms with Crippen molar-refractivity contribution in [3.8, 4) is 0 Å².